The molecule has 0 radical (unpaired) electrons. The smallest absolute Gasteiger partial charge is 0.523 e. The summed E-state index contributed by atoms with van der Waals surface area (Å²) in [6.07, 6.45) is -0.0903. The Labute approximate surface area is 48.1 Å². The Kier molecular flexibility index (Phi) is 2.23. The van der Waals surface area contributed by atoms with E-state index in [1.165, 1.54) is 13.3 Å². The molecule has 0 bridgehead atoms. The summed E-state index contributed by atoms with van der Waals surface area (Å²) in [5.41, 5.74) is 0. The van der Waals surface area contributed by atoms with Gasteiger partial charge in [-0.1, -0.05) is 0 Å². The Bertz CT molecular complexity index is 134. The van der Waals surface area contributed by atoms with Crippen molar-refractivity contribution in [2.75, 3.05) is 19.5 Å². The quantitative estimate of drug-likeness (QED) is 0.393. The Balaban J connectivity index is 3.74. The van der Waals surface area contributed by atoms with E-state index in [0.29, 0.717) is 0 Å². The van der Waals surface area contributed by atoms with Crippen LogP contribution in [0.5, 0.6) is 0 Å². The van der Waals surface area contributed by atoms with Gasteiger partial charge in [0, 0.05) is 4.79 Å². The first-order chi connectivity index (χ1) is 3.42. The second-order valence-corrected chi connectivity index (χ2v) is 5.62. The highest BCUT2D eigenvalue weighted by Crippen LogP contribution is 2.34. The fraction of sp³-hybridized carbons (Fsp3) is 0.750. The van der Waals surface area contributed by atoms with E-state index in [1.807, 2.05) is 0 Å². The van der Waals surface area contributed by atoms with Crippen LogP contribution in [0.1, 0.15) is 0 Å². The normalized spacial score (nSPS) is 11.2. The Hall–Kier alpha value is -0.300. The molecule has 0 amide bonds. The lowest BCUT2D eigenvalue weighted by Crippen LogP contribution is -2.01. The van der Waals surface area contributed by atoms with Crippen molar-refractivity contribution in [3.05, 3.63) is 0 Å². The number of carbonyl (C=O) groups is 1. The highest BCUT2D eigenvalue weighted by Gasteiger charge is 2.17. The number of hydrogen-bond acceptors (Lipinski definition) is 2. The summed E-state index contributed by atoms with van der Waals surface area (Å²) in [7, 11) is -2.26. The minimum Gasteiger partial charge on any atom is -0.564 e. The summed E-state index contributed by atoms with van der Waals surface area (Å²) >= 11 is 0. The summed E-state index contributed by atoms with van der Waals surface area (Å²) in [4.78, 5) is 9.95. The second kappa shape index (κ2) is 2.31. The molecule has 0 heterocycles. The van der Waals surface area contributed by atoms with Gasteiger partial charge in [-0.25, -0.2) is 0 Å². The molecule has 0 aromatic rings. The number of hydrogen-bond donors (Lipinski definition) is 0. The minimum absolute atomic E-state index is 0.0903. The van der Waals surface area contributed by atoms with E-state index in [-0.39, 0.29) is 6.16 Å². The molecule has 0 aromatic carbocycles. The molecule has 0 aromatic heterocycles. The maximum Gasteiger partial charge on any atom is 0.523 e. The van der Waals surface area contributed by atoms with Gasteiger partial charge in [-0.3, -0.25) is 0 Å². The largest absolute Gasteiger partial charge is 0.564 e. The lowest BCUT2D eigenvalue weighted by molar-refractivity contribution is -0.134. The third-order valence-electron chi connectivity index (χ3n) is 0.524. The summed E-state index contributed by atoms with van der Waals surface area (Å²) in [5.74, 6) is -0.738. The Morgan fingerprint density at radius 2 is 2.00 bits per heavy atom. The van der Waals surface area contributed by atoms with Gasteiger partial charge in [0.2, 0.25) is 0 Å². The van der Waals surface area contributed by atoms with Crippen LogP contribution in [0.2, 0.25) is 0 Å². The van der Waals surface area contributed by atoms with Gasteiger partial charge in [0.1, 0.15) is 0 Å². The van der Waals surface area contributed by atoms with Crippen molar-refractivity contribution in [2.45, 2.75) is 0 Å². The number of carbonyl (C=O) groups excluding carboxylic acids is 1. The predicted octanol–water partition coefficient (Wildman–Crippen LogP) is -0.140. The van der Waals surface area contributed by atoms with Gasteiger partial charge in [0.25, 0.3) is 0 Å². The highest BCUT2D eigenvalue weighted by atomic mass is 31.2. The third kappa shape index (κ3) is 5.70. The molecule has 0 aliphatic heterocycles. The molecule has 2 N–H and O–H groups in total. The van der Waals surface area contributed by atoms with Crippen LogP contribution in [0.25, 0.3) is 0 Å². The molecule has 0 saturated heterocycles. The van der Waals surface area contributed by atoms with Gasteiger partial charge >= 0.3 is 5.97 Å². The summed E-state index contributed by atoms with van der Waals surface area (Å²) in [5, 5.41) is 6.42. The average molecular weight is 137 g/mol. The van der Waals surface area contributed by atoms with Crippen molar-refractivity contribution >= 4 is 13.1 Å². The molecule has 0 aliphatic rings. The van der Waals surface area contributed by atoms with Crippen LogP contribution in [-0.4, -0.2) is 30.6 Å². The van der Waals surface area contributed by atoms with E-state index in [4.69, 9.17) is 5.11 Å². The lowest BCUT2D eigenvalue weighted by Gasteiger charge is -1.94. The van der Waals surface area contributed by atoms with E-state index >= 15 is 0 Å². The van der Waals surface area contributed by atoms with Crippen LogP contribution in [-0.2, 0) is 9.36 Å². The van der Waals surface area contributed by atoms with Crippen molar-refractivity contribution in [2.24, 2.45) is 0 Å². The molecule has 4 heteroatoms. The zero-order valence-electron chi connectivity index (χ0n) is 4.97. The molecule has 8 heavy (non-hydrogen) atoms. The highest BCUT2D eigenvalue weighted by molar-refractivity contribution is 7.63. The van der Waals surface area contributed by atoms with E-state index < -0.39 is 13.1 Å². The van der Waals surface area contributed by atoms with Crippen LogP contribution in [0.3, 0.4) is 0 Å². The Morgan fingerprint density at radius 1 is 1.62 bits per heavy atom. The lowest BCUT2D eigenvalue weighted by atomic mass is 10.8. The van der Waals surface area contributed by atoms with Gasteiger partial charge in [0.15, 0.2) is 6.16 Å². The van der Waals surface area contributed by atoms with Crippen molar-refractivity contribution in [1.29, 1.82) is 0 Å². The molecule has 0 fully saturated rings. The van der Waals surface area contributed by atoms with Crippen molar-refractivity contribution in [3.8, 4) is 0 Å². The van der Waals surface area contributed by atoms with Crippen LogP contribution >= 0.6 is 7.14 Å². The Morgan fingerprint density at radius 3 is 2.00 bits per heavy atom. The fourth-order valence-electron chi connectivity index (χ4n) is 0.346. The zero-order chi connectivity index (χ0) is 6.78. The maximum absolute atomic E-state index is 10.7. The molecule has 48 valence electrons. The SMILES string of the molecule is CP(C)(=O)CC(=O)[OH2+]. The van der Waals surface area contributed by atoms with Crippen LogP contribution in [0.15, 0.2) is 0 Å². The molecule has 3 nitrogen and oxygen atoms in total. The average Bonchev–Trinajstić information content (AvgIpc) is 1.21. The van der Waals surface area contributed by atoms with E-state index in [1.54, 1.807) is 0 Å². The van der Waals surface area contributed by atoms with Crippen LogP contribution in [0, 0.1) is 0 Å². The maximum atomic E-state index is 10.7. The van der Waals surface area contributed by atoms with E-state index in [9.17, 15) is 9.36 Å². The molecule has 0 rings (SSSR count). The zero-order valence-corrected chi connectivity index (χ0v) is 5.87. The van der Waals surface area contributed by atoms with Crippen molar-refractivity contribution < 1.29 is 14.5 Å². The first kappa shape index (κ1) is 7.70. The molecule has 0 unspecified atom stereocenters. The predicted molar refractivity (Wildman–Crippen MR) is 32.9 cm³/mol. The molecule has 0 saturated carbocycles. The van der Waals surface area contributed by atoms with Gasteiger partial charge in [-0.15, -0.1) is 0 Å². The van der Waals surface area contributed by atoms with Crippen LogP contribution in [0.4, 0.5) is 0 Å². The standard InChI is InChI=1S/C4H9O3P/c1-8(2,7)3-4(5)6/h3H2,1-2H3,(H,5,6)/p+1. The van der Waals surface area contributed by atoms with Gasteiger partial charge < -0.3 is 9.67 Å². The monoisotopic (exact) mass is 137 g/mol. The summed E-state index contributed by atoms with van der Waals surface area (Å²) < 4.78 is 10.7. The summed E-state index contributed by atoms with van der Waals surface area (Å²) in [6.45, 7) is 3.00. The molecule has 0 aliphatic carbocycles. The first-order valence-corrected chi connectivity index (χ1v) is 4.99. The van der Waals surface area contributed by atoms with Gasteiger partial charge in [-0.2, -0.15) is 0 Å². The van der Waals surface area contributed by atoms with Gasteiger partial charge in [0.05, 0.1) is 7.14 Å². The summed E-state index contributed by atoms with van der Waals surface area (Å²) in [6, 6.07) is 0. The van der Waals surface area contributed by atoms with Gasteiger partial charge in [-0.05, 0) is 13.3 Å². The topological polar surface area (TPSA) is 57.0 Å². The van der Waals surface area contributed by atoms with E-state index in [0.717, 1.165) is 0 Å². The van der Waals surface area contributed by atoms with Crippen molar-refractivity contribution in [3.63, 3.8) is 0 Å². The van der Waals surface area contributed by atoms with Crippen LogP contribution < -0.4 is 0 Å². The minimum atomic E-state index is -2.26. The third-order valence-corrected chi connectivity index (χ3v) is 1.57. The first-order valence-electron chi connectivity index (χ1n) is 2.20. The second-order valence-electron chi connectivity index (χ2n) is 2.16. The molecule has 0 spiro atoms. The number of rotatable bonds is 2. The fourth-order valence-corrected chi connectivity index (χ4v) is 1.04. The van der Waals surface area contributed by atoms with Crippen molar-refractivity contribution in [1.82, 2.24) is 0 Å². The van der Waals surface area contributed by atoms with E-state index in [2.05, 4.69) is 0 Å². The molecule has 0 atom stereocenters. The molecular weight excluding hydrogens is 127 g/mol. The molecular formula is C4H10O3P+.